The SMILES string of the molecule is COc1ccc(-c2nc(CC(C(=O)O)C(=O)c3ncccc3C)co2)cc1OCc1ccccc1. The predicted octanol–water partition coefficient (Wildman–Crippen LogP) is 4.76. The Balaban J connectivity index is 1.53. The van der Waals surface area contributed by atoms with Crippen LogP contribution in [0.2, 0.25) is 0 Å². The van der Waals surface area contributed by atoms with Gasteiger partial charge < -0.3 is 19.0 Å². The molecule has 0 amide bonds. The summed E-state index contributed by atoms with van der Waals surface area (Å²) in [6, 6.07) is 18.4. The van der Waals surface area contributed by atoms with Crippen LogP contribution in [0.25, 0.3) is 11.5 Å². The fourth-order valence-electron chi connectivity index (χ4n) is 3.60. The molecule has 0 fully saturated rings. The second kappa shape index (κ2) is 10.6. The number of carbonyl (C=O) groups is 2. The van der Waals surface area contributed by atoms with Crippen LogP contribution in [0.1, 0.15) is 27.3 Å². The lowest BCUT2D eigenvalue weighted by Crippen LogP contribution is -2.27. The van der Waals surface area contributed by atoms with E-state index in [1.54, 1.807) is 44.4 Å². The van der Waals surface area contributed by atoms with Crippen molar-refractivity contribution in [2.75, 3.05) is 7.11 Å². The van der Waals surface area contributed by atoms with Gasteiger partial charge in [-0.25, -0.2) is 4.98 Å². The summed E-state index contributed by atoms with van der Waals surface area (Å²) in [5, 5.41) is 9.69. The number of hydrogen-bond donors (Lipinski definition) is 1. The Morgan fingerprint density at radius 3 is 2.57 bits per heavy atom. The van der Waals surface area contributed by atoms with Gasteiger partial charge in [0.05, 0.1) is 12.8 Å². The van der Waals surface area contributed by atoms with Crippen molar-refractivity contribution >= 4 is 11.8 Å². The van der Waals surface area contributed by atoms with E-state index >= 15 is 0 Å². The first-order valence-corrected chi connectivity index (χ1v) is 10.9. The molecule has 0 aliphatic heterocycles. The summed E-state index contributed by atoms with van der Waals surface area (Å²) in [6.45, 7) is 2.07. The van der Waals surface area contributed by atoms with Crippen molar-refractivity contribution < 1.29 is 28.6 Å². The van der Waals surface area contributed by atoms with Gasteiger partial charge in [-0.15, -0.1) is 0 Å². The molecule has 35 heavy (non-hydrogen) atoms. The number of ketones is 1. The minimum absolute atomic E-state index is 0.124. The lowest BCUT2D eigenvalue weighted by atomic mass is 9.94. The standard InChI is InChI=1S/C27H24N2O6/c1-17-7-6-12-28-24(17)25(30)21(27(31)32)14-20-16-35-26(29-20)19-10-11-22(33-2)23(13-19)34-15-18-8-4-3-5-9-18/h3-13,16,21H,14-15H2,1-2H3,(H,31,32). The molecule has 4 rings (SSSR count). The highest BCUT2D eigenvalue weighted by atomic mass is 16.5. The van der Waals surface area contributed by atoms with Crippen LogP contribution in [-0.4, -0.2) is 33.9 Å². The maximum atomic E-state index is 12.9. The third-order valence-electron chi connectivity index (χ3n) is 5.47. The minimum atomic E-state index is -1.33. The van der Waals surface area contributed by atoms with Gasteiger partial charge >= 0.3 is 5.97 Å². The number of carboxylic acid groups (broad SMARTS) is 1. The maximum absolute atomic E-state index is 12.9. The Hall–Kier alpha value is -4.46. The van der Waals surface area contributed by atoms with Gasteiger partial charge in [-0.3, -0.25) is 14.6 Å². The Kier molecular flexibility index (Phi) is 7.21. The van der Waals surface area contributed by atoms with Crippen LogP contribution in [0.5, 0.6) is 11.5 Å². The molecular formula is C27H24N2O6. The Labute approximate surface area is 202 Å². The number of Topliss-reactive ketones (excluding diaryl/α,β-unsaturated/α-hetero) is 1. The van der Waals surface area contributed by atoms with Gasteiger partial charge in [0, 0.05) is 18.2 Å². The highest BCUT2D eigenvalue weighted by molar-refractivity contribution is 6.07. The van der Waals surface area contributed by atoms with Crippen molar-refractivity contribution in [3.8, 4) is 23.0 Å². The topological polar surface area (TPSA) is 112 Å². The van der Waals surface area contributed by atoms with E-state index < -0.39 is 17.7 Å². The third kappa shape index (κ3) is 5.55. The molecule has 0 radical (unpaired) electrons. The number of hydrogen-bond acceptors (Lipinski definition) is 7. The number of ether oxygens (including phenoxy) is 2. The largest absolute Gasteiger partial charge is 0.493 e. The van der Waals surface area contributed by atoms with Gasteiger partial charge in [0.15, 0.2) is 17.3 Å². The summed E-state index contributed by atoms with van der Waals surface area (Å²) in [5.74, 6) is -1.80. The molecule has 2 aromatic carbocycles. The Bertz CT molecular complexity index is 1330. The minimum Gasteiger partial charge on any atom is -0.493 e. The van der Waals surface area contributed by atoms with E-state index in [9.17, 15) is 14.7 Å². The number of nitrogens with zero attached hydrogens (tertiary/aromatic N) is 2. The fourth-order valence-corrected chi connectivity index (χ4v) is 3.60. The number of aliphatic carboxylic acids is 1. The maximum Gasteiger partial charge on any atom is 0.314 e. The van der Waals surface area contributed by atoms with Crippen LogP contribution in [0.3, 0.4) is 0 Å². The molecule has 178 valence electrons. The fraction of sp³-hybridized carbons (Fsp3) is 0.185. The van der Waals surface area contributed by atoms with Crippen molar-refractivity contribution in [1.29, 1.82) is 0 Å². The summed E-state index contributed by atoms with van der Waals surface area (Å²) in [6.07, 6.45) is 2.70. The molecule has 0 spiro atoms. The van der Waals surface area contributed by atoms with E-state index in [2.05, 4.69) is 9.97 Å². The third-order valence-corrected chi connectivity index (χ3v) is 5.47. The number of benzene rings is 2. The summed E-state index contributed by atoms with van der Waals surface area (Å²) < 4.78 is 17.0. The quantitative estimate of drug-likeness (QED) is 0.260. The highest BCUT2D eigenvalue weighted by Gasteiger charge is 2.30. The van der Waals surface area contributed by atoms with Gasteiger partial charge in [-0.05, 0) is 42.3 Å². The van der Waals surface area contributed by atoms with Crippen LogP contribution in [0, 0.1) is 12.8 Å². The molecule has 8 nitrogen and oxygen atoms in total. The first-order valence-electron chi connectivity index (χ1n) is 10.9. The molecule has 1 atom stereocenters. The molecular weight excluding hydrogens is 448 g/mol. The van der Waals surface area contributed by atoms with Gasteiger partial charge in [0.25, 0.3) is 0 Å². The number of carboxylic acids is 1. The van der Waals surface area contributed by atoms with Crippen molar-refractivity contribution in [3.63, 3.8) is 0 Å². The molecule has 2 heterocycles. The smallest absolute Gasteiger partial charge is 0.314 e. The second-order valence-electron chi connectivity index (χ2n) is 7.91. The molecule has 1 N–H and O–H groups in total. The number of oxazole rings is 1. The molecule has 8 heteroatoms. The molecule has 0 aliphatic rings. The summed E-state index contributed by atoms with van der Waals surface area (Å²) in [5.41, 5.74) is 2.73. The first kappa shape index (κ1) is 23.7. The van der Waals surface area contributed by atoms with Crippen molar-refractivity contribution in [2.24, 2.45) is 5.92 Å². The number of aromatic nitrogens is 2. The number of aryl methyl sites for hydroxylation is 1. The van der Waals surface area contributed by atoms with Crippen LogP contribution in [-0.2, 0) is 17.8 Å². The van der Waals surface area contributed by atoms with E-state index in [1.165, 1.54) is 12.5 Å². The molecule has 0 aliphatic carbocycles. The average molecular weight is 472 g/mol. The summed E-state index contributed by atoms with van der Waals surface area (Å²) in [4.78, 5) is 33.2. The van der Waals surface area contributed by atoms with Crippen molar-refractivity contribution in [2.45, 2.75) is 20.0 Å². The monoisotopic (exact) mass is 472 g/mol. The number of methoxy groups -OCH3 is 1. The first-order chi connectivity index (χ1) is 17.0. The molecule has 0 saturated carbocycles. The number of rotatable bonds is 10. The summed E-state index contributed by atoms with van der Waals surface area (Å²) >= 11 is 0. The Morgan fingerprint density at radius 1 is 1.06 bits per heavy atom. The van der Waals surface area contributed by atoms with Gasteiger partial charge in [0.1, 0.15) is 24.5 Å². The van der Waals surface area contributed by atoms with E-state index in [0.29, 0.717) is 34.9 Å². The zero-order valence-electron chi connectivity index (χ0n) is 19.3. The van der Waals surface area contributed by atoms with Crippen LogP contribution < -0.4 is 9.47 Å². The molecule has 2 aromatic heterocycles. The van der Waals surface area contributed by atoms with Crippen LogP contribution in [0.15, 0.2) is 77.5 Å². The van der Waals surface area contributed by atoms with Crippen LogP contribution in [0.4, 0.5) is 0 Å². The lowest BCUT2D eigenvalue weighted by Gasteiger charge is -2.12. The number of carbonyl (C=O) groups excluding carboxylic acids is 1. The zero-order valence-corrected chi connectivity index (χ0v) is 19.3. The van der Waals surface area contributed by atoms with E-state index in [0.717, 1.165) is 5.56 Å². The van der Waals surface area contributed by atoms with Crippen LogP contribution >= 0.6 is 0 Å². The highest BCUT2D eigenvalue weighted by Crippen LogP contribution is 2.33. The van der Waals surface area contributed by atoms with Crippen molar-refractivity contribution in [3.05, 3.63) is 95.6 Å². The zero-order chi connectivity index (χ0) is 24.8. The second-order valence-corrected chi connectivity index (χ2v) is 7.91. The predicted molar refractivity (Wildman–Crippen MR) is 127 cm³/mol. The van der Waals surface area contributed by atoms with E-state index in [1.807, 2.05) is 30.3 Å². The number of pyridine rings is 1. The average Bonchev–Trinajstić information content (AvgIpc) is 3.35. The Morgan fingerprint density at radius 2 is 1.86 bits per heavy atom. The van der Waals surface area contributed by atoms with Gasteiger partial charge in [-0.2, -0.15) is 0 Å². The van der Waals surface area contributed by atoms with Crippen molar-refractivity contribution in [1.82, 2.24) is 9.97 Å². The van der Waals surface area contributed by atoms with Gasteiger partial charge in [-0.1, -0.05) is 36.4 Å². The van der Waals surface area contributed by atoms with E-state index in [4.69, 9.17) is 13.9 Å². The van der Waals surface area contributed by atoms with E-state index in [-0.39, 0.29) is 18.0 Å². The van der Waals surface area contributed by atoms with Gasteiger partial charge in [0.2, 0.25) is 5.89 Å². The summed E-state index contributed by atoms with van der Waals surface area (Å²) in [7, 11) is 1.56. The molecule has 4 aromatic rings. The molecule has 1 unspecified atom stereocenters. The molecule has 0 saturated heterocycles. The lowest BCUT2D eigenvalue weighted by molar-refractivity contribution is -0.139. The normalized spacial score (nSPS) is 11.6. The molecule has 0 bridgehead atoms.